The van der Waals surface area contributed by atoms with Gasteiger partial charge >= 0.3 is 0 Å². The second-order valence-electron chi connectivity index (χ2n) is 4.83. The summed E-state index contributed by atoms with van der Waals surface area (Å²) in [7, 11) is 2.21. The lowest BCUT2D eigenvalue weighted by molar-refractivity contribution is 0.226. The molecule has 17 heavy (non-hydrogen) atoms. The Morgan fingerprint density at radius 3 is 2.76 bits per heavy atom. The Kier molecular flexibility index (Phi) is 4.89. The Bertz CT molecular complexity index is 337. The van der Waals surface area contributed by atoms with Gasteiger partial charge in [0.15, 0.2) is 0 Å². The number of hydrogen-bond acceptors (Lipinski definition) is 3. The van der Waals surface area contributed by atoms with Crippen LogP contribution in [0.15, 0.2) is 29.2 Å². The lowest BCUT2D eigenvalue weighted by Crippen LogP contribution is -2.43. The minimum absolute atomic E-state index is 0.661. The van der Waals surface area contributed by atoms with Gasteiger partial charge < -0.3 is 10.2 Å². The van der Waals surface area contributed by atoms with Crippen LogP contribution in [0.1, 0.15) is 18.4 Å². The molecular weight excluding hydrogens is 228 g/mol. The van der Waals surface area contributed by atoms with Crippen LogP contribution < -0.4 is 5.32 Å². The summed E-state index contributed by atoms with van der Waals surface area (Å²) < 4.78 is 0. The molecule has 2 nitrogen and oxygen atoms in total. The van der Waals surface area contributed by atoms with Gasteiger partial charge in [0.05, 0.1) is 0 Å². The number of nitrogens with zero attached hydrogens (tertiary/aromatic N) is 1. The van der Waals surface area contributed by atoms with Gasteiger partial charge in [0.1, 0.15) is 0 Å². The molecule has 1 atom stereocenters. The Labute approximate surface area is 109 Å². The maximum Gasteiger partial charge on any atom is 0.0208 e. The van der Waals surface area contributed by atoms with Crippen LogP contribution in [-0.4, -0.2) is 37.3 Å². The van der Waals surface area contributed by atoms with Gasteiger partial charge in [-0.25, -0.2) is 0 Å². The zero-order valence-electron chi connectivity index (χ0n) is 10.8. The van der Waals surface area contributed by atoms with Crippen LogP contribution in [0, 0.1) is 0 Å². The summed E-state index contributed by atoms with van der Waals surface area (Å²) in [5, 5.41) is 3.66. The summed E-state index contributed by atoms with van der Waals surface area (Å²) in [5.74, 6) is 0. The summed E-state index contributed by atoms with van der Waals surface area (Å²) in [6.45, 7) is 3.43. The molecule has 0 bridgehead atoms. The number of piperidine rings is 1. The van der Waals surface area contributed by atoms with Crippen molar-refractivity contribution in [3.63, 3.8) is 0 Å². The van der Waals surface area contributed by atoms with Crippen LogP contribution in [0.25, 0.3) is 0 Å². The van der Waals surface area contributed by atoms with E-state index in [0.717, 1.165) is 6.54 Å². The highest BCUT2D eigenvalue weighted by Crippen LogP contribution is 2.15. The predicted octanol–water partition coefficient (Wildman–Crippen LogP) is 2.59. The third kappa shape index (κ3) is 4.02. The van der Waals surface area contributed by atoms with Crippen molar-refractivity contribution in [1.29, 1.82) is 0 Å². The van der Waals surface area contributed by atoms with Crippen LogP contribution in [0.2, 0.25) is 0 Å². The molecule has 94 valence electrons. The molecule has 1 N–H and O–H groups in total. The first-order chi connectivity index (χ1) is 8.28. The molecule has 1 fully saturated rings. The van der Waals surface area contributed by atoms with E-state index < -0.39 is 0 Å². The first kappa shape index (κ1) is 12.9. The van der Waals surface area contributed by atoms with Crippen molar-refractivity contribution < 1.29 is 0 Å². The lowest BCUT2D eigenvalue weighted by Gasteiger charge is -2.30. The number of thioether (sulfide) groups is 1. The van der Waals surface area contributed by atoms with Crippen molar-refractivity contribution in [2.75, 3.05) is 26.4 Å². The van der Waals surface area contributed by atoms with Gasteiger partial charge in [0, 0.05) is 24.0 Å². The van der Waals surface area contributed by atoms with Gasteiger partial charge in [-0.15, -0.1) is 11.8 Å². The van der Waals surface area contributed by atoms with Crippen LogP contribution >= 0.6 is 11.8 Å². The number of nitrogens with one attached hydrogen (secondary N) is 1. The minimum atomic E-state index is 0.661. The van der Waals surface area contributed by atoms with Crippen LogP contribution in [0.3, 0.4) is 0 Å². The van der Waals surface area contributed by atoms with E-state index >= 15 is 0 Å². The van der Waals surface area contributed by atoms with E-state index in [4.69, 9.17) is 0 Å². The highest BCUT2D eigenvalue weighted by atomic mass is 32.2. The van der Waals surface area contributed by atoms with Crippen LogP contribution in [-0.2, 0) is 6.54 Å². The summed E-state index contributed by atoms with van der Waals surface area (Å²) in [4.78, 5) is 3.75. The van der Waals surface area contributed by atoms with Crippen LogP contribution in [0.5, 0.6) is 0 Å². The number of rotatable bonds is 4. The third-order valence-electron chi connectivity index (χ3n) is 3.38. The summed E-state index contributed by atoms with van der Waals surface area (Å²) in [6, 6.07) is 9.52. The van der Waals surface area contributed by atoms with Crippen LogP contribution in [0.4, 0.5) is 0 Å². The van der Waals surface area contributed by atoms with Crippen molar-refractivity contribution in [3.8, 4) is 0 Å². The van der Waals surface area contributed by atoms with Crippen molar-refractivity contribution in [3.05, 3.63) is 29.8 Å². The average Bonchev–Trinajstić information content (AvgIpc) is 2.37. The molecule has 2 rings (SSSR count). The standard InChI is InChI=1S/C14H22N2S/c1-16-9-3-4-13(11-16)15-10-12-5-7-14(17-2)8-6-12/h5-8,13,15H,3-4,9-11H2,1-2H3. The number of likely N-dealkylation sites (tertiary alicyclic amines) is 1. The fourth-order valence-corrected chi connectivity index (χ4v) is 2.75. The molecule has 1 aromatic rings. The molecule has 1 unspecified atom stereocenters. The first-order valence-corrected chi connectivity index (χ1v) is 7.55. The zero-order valence-corrected chi connectivity index (χ0v) is 11.6. The summed E-state index contributed by atoms with van der Waals surface area (Å²) in [6.07, 6.45) is 4.75. The topological polar surface area (TPSA) is 15.3 Å². The fraction of sp³-hybridized carbons (Fsp3) is 0.571. The highest BCUT2D eigenvalue weighted by molar-refractivity contribution is 7.98. The Morgan fingerprint density at radius 1 is 1.35 bits per heavy atom. The molecular formula is C14H22N2S. The van der Waals surface area contributed by atoms with E-state index in [1.54, 1.807) is 11.8 Å². The normalized spacial score (nSPS) is 21.6. The minimum Gasteiger partial charge on any atom is -0.309 e. The Morgan fingerprint density at radius 2 is 2.12 bits per heavy atom. The summed E-state index contributed by atoms with van der Waals surface area (Å²) >= 11 is 1.80. The molecule has 0 aromatic heterocycles. The second-order valence-corrected chi connectivity index (χ2v) is 5.71. The smallest absolute Gasteiger partial charge is 0.0208 e. The molecule has 1 heterocycles. The number of likely N-dealkylation sites (N-methyl/N-ethyl adjacent to an activating group) is 1. The van der Waals surface area contributed by atoms with E-state index in [9.17, 15) is 0 Å². The molecule has 3 heteroatoms. The zero-order chi connectivity index (χ0) is 12.1. The molecule has 0 amide bonds. The van der Waals surface area contributed by atoms with Gasteiger partial charge in [-0.05, 0) is 50.4 Å². The lowest BCUT2D eigenvalue weighted by atomic mass is 10.1. The van der Waals surface area contributed by atoms with E-state index in [-0.39, 0.29) is 0 Å². The molecule has 1 saturated heterocycles. The number of hydrogen-bond donors (Lipinski definition) is 1. The number of benzene rings is 1. The molecule has 1 aliphatic heterocycles. The maximum atomic E-state index is 3.66. The fourth-order valence-electron chi connectivity index (χ4n) is 2.34. The molecule has 0 radical (unpaired) electrons. The van der Waals surface area contributed by atoms with Crippen molar-refractivity contribution >= 4 is 11.8 Å². The maximum absolute atomic E-state index is 3.66. The Hall–Kier alpha value is -0.510. The van der Waals surface area contributed by atoms with E-state index in [1.807, 2.05) is 0 Å². The van der Waals surface area contributed by atoms with Gasteiger partial charge in [0.25, 0.3) is 0 Å². The molecule has 0 saturated carbocycles. The highest BCUT2D eigenvalue weighted by Gasteiger charge is 2.15. The van der Waals surface area contributed by atoms with Gasteiger partial charge in [-0.1, -0.05) is 12.1 Å². The van der Waals surface area contributed by atoms with Crippen molar-refractivity contribution in [1.82, 2.24) is 10.2 Å². The van der Waals surface area contributed by atoms with Gasteiger partial charge in [-0.3, -0.25) is 0 Å². The molecule has 1 aliphatic rings. The molecule has 1 aromatic carbocycles. The van der Waals surface area contributed by atoms with E-state index in [1.165, 1.54) is 36.4 Å². The second kappa shape index (κ2) is 6.43. The Balaban J connectivity index is 1.80. The average molecular weight is 250 g/mol. The van der Waals surface area contributed by atoms with Crippen molar-refractivity contribution in [2.45, 2.75) is 30.3 Å². The van der Waals surface area contributed by atoms with Crippen molar-refractivity contribution in [2.24, 2.45) is 0 Å². The molecule has 0 aliphatic carbocycles. The predicted molar refractivity (Wildman–Crippen MR) is 75.6 cm³/mol. The SMILES string of the molecule is CSc1ccc(CNC2CCCN(C)C2)cc1. The monoisotopic (exact) mass is 250 g/mol. The molecule has 0 spiro atoms. The third-order valence-corrected chi connectivity index (χ3v) is 4.12. The van der Waals surface area contributed by atoms with E-state index in [0.29, 0.717) is 6.04 Å². The van der Waals surface area contributed by atoms with E-state index in [2.05, 4.69) is 47.8 Å². The van der Waals surface area contributed by atoms with Gasteiger partial charge in [-0.2, -0.15) is 0 Å². The first-order valence-electron chi connectivity index (χ1n) is 6.33. The van der Waals surface area contributed by atoms with Gasteiger partial charge in [0.2, 0.25) is 0 Å². The summed E-state index contributed by atoms with van der Waals surface area (Å²) in [5.41, 5.74) is 1.39. The quantitative estimate of drug-likeness (QED) is 0.827. The largest absolute Gasteiger partial charge is 0.309 e.